The van der Waals surface area contributed by atoms with E-state index < -0.39 is 66.9 Å². The number of rotatable bonds is 8. The van der Waals surface area contributed by atoms with Crippen molar-refractivity contribution in [2.75, 3.05) is 5.32 Å². The van der Waals surface area contributed by atoms with Crippen molar-refractivity contribution in [3.05, 3.63) is 105 Å². The molecular weight excluding hydrogens is 677 g/mol. The summed E-state index contributed by atoms with van der Waals surface area (Å²) in [4.78, 5) is 56.0. The lowest BCUT2D eigenvalue weighted by Crippen LogP contribution is -2.57. The molecule has 3 heterocycles. The molecule has 5 atom stereocenters. The van der Waals surface area contributed by atoms with Crippen LogP contribution in [-0.4, -0.2) is 70.7 Å². The van der Waals surface area contributed by atoms with Gasteiger partial charge in [0.15, 0.2) is 37.2 Å². The summed E-state index contributed by atoms with van der Waals surface area (Å²) in [5, 5.41) is 26.9. The molecule has 0 unspecified atom stereocenters. The minimum Gasteiger partial charge on any atom is -0.507 e. The van der Waals surface area contributed by atoms with Gasteiger partial charge in [0.25, 0.3) is 11.8 Å². The van der Waals surface area contributed by atoms with Gasteiger partial charge < -0.3 is 24.7 Å². The maximum atomic E-state index is 14.5. The van der Waals surface area contributed by atoms with Crippen LogP contribution in [0.3, 0.4) is 0 Å². The molecule has 3 aliphatic heterocycles. The van der Waals surface area contributed by atoms with Gasteiger partial charge in [-0.25, -0.2) is 0 Å². The largest absolute Gasteiger partial charge is 0.507 e. The Labute approximate surface area is 301 Å². The van der Waals surface area contributed by atoms with Crippen LogP contribution >= 0.6 is 0 Å². The molecule has 3 aromatic rings. The summed E-state index contributed by atoms with van der Waals surface area (Å²) >= 11 is 0. The number of amides is 2. The van der Waals surface area contributed by atoms with Gasteiger partial charge in [0.05, 0.1) is 40.6 Å². The van der Waals surface area contributed by atoms with Crippen molar-refractivity contribution < 1.29 is 38.6 Å². The molecule has 0 radical (unpaired) electrons. The summed E-state index contributed by atoms with van der Waals surface area (Å²) in [5.41, 5.74) is -1.35. The van der Waals surface area contributed by atoms with Gasteiger partial charge >= 0.3 is 0 Å². The third-order valence-electron chi connectivity index (χ3n) is 11.6. The van der Waals surface area contributed by atoms with Gasteiger partial charge in [0, 0.05) is 16.7 Å². The predicted molar refractivity (Wildman–Crippen MR) is 193 cm³/mol. The average molecular weight is 713 g/mol. The normalized spacial score (nSPS) is 25.9. The highest BCUT2D eigenvalue weighted by Gasteiger charge is 2.83. The molecule has 3 N–H and O–H groups in total. The highest BCUT2D eigenvalue weighted by Crippen LogP contribution is 2.68. The Hall–Kier alpha value is -5.30. The molecule has 1 saturated heterocycles. The van der Waals surface area contributed by atoms with Gasteiger partial charge in [-0.1, -0.05) is 62.7 Å². The van der Waals surface area contributed by atoms with Crippen molar-refractivity contribution in [1.82, 2.24) is 4.90 Å². The first-order chi connectivity index (χ1) is 25.0. The summed E-state index contributed by atoms with van der Waals surface area (Å²) in [6, 6.07) is 14.4. The maximum absolute atomic E-state index is 14.5. The summed E-state index contributed by atoms with van der Waals surface area (Å²) in [6.45, 7) is 8.17. The summed E-state index contributed by atoms with van der Waals surface area (Å²) in [6.07, 6.45) is 1.13. The van der Waals surface area contributed by atoms with Crippen LogP contribution in [0.4, 0.5) is 5.69 Å². The van der Waals surface area contributed by atoms with Crippen LogP contribution in [-0.2, 0) is 21.3 Å². The van der Waals surface area contributed by atoms with E-state index in [1.807, 2.05) is 6.92 Å². The van der Waals surface area contributed by atoms with Crippen LogP contribution in [0.2, 0.25) is 18.1 Å². The fourth-order valence-corrected chi connectivity index (χ4v) is 11.5. The smallest absolute Gasteiger partial charge is 0.261 e. The molecule has 2 amide bonds. The topological polar surface area (TPSA) is 146 Å². The van der Waals surface area contributed by atoms with E-state index in [1.165, 1.54) is 24.3 Å². The first kappa shape index (κ1) is 33.8. The number of fused-ring (bicyclic) bond motifs is 5. The number of hydrogen-bond acceptors (Lipinski definition) is 9. The fourth-order valence-electron chi connectivity index (χ4n) is 8.60. The Balaban J connectivity index is 1.22. The minimum atomic E-state index is -2.21. The molecule has 1 fully saturated rings. The Bertz CT molecular complexity index is 2260. The number of allylic oxidation sites excluding steroid dienone is 2. The van der Waals surface area contributed by atoms with E-state index in [0.717, 1.165) is 23.0 Å². The number of hydrogen-bond donors (Lipinski definition) is 3. The van der Waals surface area contributed by atoms with Gasteiger partial charge in [-0.15, -0.1) is 0 Å². The monoisotopic (exact) mass is 712 g/mol. The molecule has 3 aromatic carbocycles. The van der Waals surface area contributed by atoms with E-state index in [-0.39, 0.29) is 40.0 Å². The van der Waals surface area contributed by atoms with Crippen molar-refractivity contribution >= 4 is 37.4 Å². The Morgan fingerprint density at radius 2 is 1.52 bits per heavy atom. The van der Waals surface area contributed by atoms with Gasteiger partial charge in [-0.05, 0) is 73.1 Å². The van der Waals surface area contributed by atoms with Crippen molar-refractivity contribution in [1.29, 1.82) is 0 Å². The Kier molecular flexibility index (Phi) is 7.72. The lowest BCUT2D eigenvalue weighted by Gasteiger charge is -2.41. The molecule has 262 valence electrons. The van der Waals surface area contributed by atoms with E-state index >= 15 is 0 Å². The summed E-state index contributed by atoms with van der Waals surface area (Å²) in [7, 11) is -2.21. The second-order valence-electron chi connectivity index (χ2n) is 13.9. The van der Waals surface area contributed by atoms with Gasteiger partial charge in [0.1, 0.15) is 11.8 Å². The summed E-state index contributed by atoms with van der Waals surface area (Å²) < 4.78 is 13.7. The average Bonchev–Trinajstić information content (AvgIpc) is 3.84. The van der Waals surface area contributed by atoms with Crippen molar-refractivity contribution in [3.63, 3.8) is 0 Å². The number of aliphatic hydroxyl groups excluding tert-OH is 1. The van der Waals surface area contributed by atoms with Gasteiger partial charge in [-0.2, -0.15) is 0 Å². The molecule has 52 heavy (non-hydrogen) atoms. The van der Waals surface area contributed by atoms with E-state index in [2.05, 4.69) is 49.8 Å². The van der Waals surface area contributed by atoms with Crippen LogP contribution in [0.1, 0.15) is 91.4 Å². The fraction of sp³-hybridized carbons (Fsp3) is 0.317. The molecule has 2 aliphatic carbocycles. The van der Waals surface area contributed by atoms with Gasteiger partial charge in [0.2, 0.25) is 0 Å². The molecule has 8 rings (SSSR count). The number of carbonyl (C=O) groups excluding carboxylic acids is 4. The number of epoxide rings is 1. The molecule has 0 aromatic heterocycles. The Morgan fingerprint density at radius 3 is 2.17 bits per heavy atom. The highest BCUT2D eigenvalue weighted by molar-refractivity contribution is 6.73. The van der Waals surface area contributed by atoms with Crippen LogP contribution in [0.25, 0.3) is 0 Å². The van der Waals surface area contributed by atoms with E-state index in [0.29, 0.717) is 16.7 Å². The zero-order valence-electron chi connectivity index (χ0n) is 29.1. The Morgan fingerprint density at radius 1 is 0.885 bits per heavy atom. The van der Waals surface area contributed by atoms with Crippen LogP contribution in [0.15, 0.2) is 60.7 Å². The number of ether oxygens (including phenoxy) is 1. The van der Waals surface area contributed by atoms with E-state index in [1.54, 1.807) is 36.4 Å². The number of carbonyl (C=O) groups is 4. The molecule has 11 heteroatoms. The predicted octanol–water partition coefficient (Wildman–Crippen LogP) is 5.07. The molecule has 5 aliphatic rings. The zero-order chi connectivity index (χ0) is 36.7. The van der Waals surface area contributed by atoms with Gasteiger partial charge in [-0.3, -0.25) is 24.1 Å². The summed E-state index contributed by atoms with van der Waals surface area (Å²) in [5.74, 6) is 9.45. The van der Waals surface area contributed by atoms with Crippen molar-refractivity contribution in [2.24, 2.45) is 0 Å². The van der Waals surface area contributed by atoms with Crippen molar-refractivity contribution in [3.8, 4) is 29.4 Å². The minimum absolute atomic E-state index is 0.0354. The first-order valence-corrected chi connectivity index (χ1v) is 20.1. The molecule has 0 spiro atoms. The number of aliphatic hydroxyl groups is 1. The number of phenolic OH excluding ortho intramolecular Hbond substituents is 1. The number of nitrogens with one attached hydrogen (secondary N) is 1. The number of ketones is 2. The van der Waals surface area contributed by atoms with Crippen LogP contribution in [0.5, 0.6) is 5.75 Å². The lowest BCUT2D eigenvalue weighted by atomic mass is 9.69. The quantitative estimate of drug-likeness (QED) is 0.0750. The second-order valence-corrected chi connectivity index (χ2v) is 18.6. The maximum Gasteiger partial charge on any atom is 0.261 e. The number of benzene rings is 3. The van der Waals surface area contributed by atoms with Crippen LogP contribution < -0.4 is 5.32 Å². The lowest BCUT2D eigenvalue weighted by molar-refractivity contribution is 0.0641. The number of nitrogens with zero attached hydrogens (tertiary/aromatic N) is 1. The number of aromatic hydroxyl groups is 1. The standard InChI is InChI=1S/C41H36N2O8Si/c1-5-52(6-2,7-3)50-23(4)40-31-16-10-8-9-11-17-32(45)41(40,51-40)29-21-30(44)33-34(35(29)42-31)36(46)25-19-18-24(20-28(25)37(33)47)22-43-38(48)26-14-12-13-15-27(26)39(43)49/h8-9,12-15,18-21,23,31-32,42,44-45H,5-7,22H2,1-4H3/b9-8-/t23-,31+,32-,40+,41+/m1/s1. The SMILES string of the molecule is CC[Si](CC)(CC)O[C@H](C)[C@@]12O[C@]13c1cc(O)c4c(c1N[C@H]2C#C/C=C\C#C[C@H]3O)C(=O)c1ccc(CN2C(=O)c3ccccc3C2=O)cc1C4=O. The zero-order valence-corrected chi connectivity index (χ0v) is 30.1. The number of anilines is 1. The third kappa shape index (κ3) is 4.44. The molecule has 2 bridgehead atoms. The highest BCUT2D eigenvalue weighted by atomic mass is 28.4. The molecule has 10 nitrogen and oxygen atoms in total. The van der Waals surface area contributed by atoms with E-state index in [9.17, 15) is 29.4 Å². The second kappa shape index (κ2) is 11.9. The van der Waals surface area contributed by atoms with Crippen molar-refractivity contribution in [2.45, 2.75) is 81.8 Å². The first-order valence-electron chi connectivity index (χ1n) is 17.6. The molecular formula is C41H36N2O8Si. The van der Waals surface area contributed by atoms with E-state index in [4.69, 9.17) is 9.16 Å². The third-order valence-corrected chi connectivity index (χ3v) is 16.3. The number of imide groups is 1. The number of phenols is 1. The molecule has 0 saturated carbocycles. The van der Waals surface area contributed by atoms with Crippen LogP contribution in [0, 0.1) is 23.7 Å².